The summed E-state index contributed by atoms with van der Waals surface area (Å²) in [5.74, 6) is -2.51. The van der Waals surface area contributed by atoms with Gasteiger partial charge in [-0.05, 0) is 25.0 Å². The SMILES string of the molecule is N[C@@H]1C[C@H](C(=O)NCc2noc(-c3c(F)cccc3F)n2)C[C@H]1O. The molecule has 1 saturated carbocycles. The molecule has 128 valence electrons. The molecule has 24 heavy (non-hydrogen) atoms. The zero-order valence-electron chi connectivity index (χ0n) is 12.6. The summed E-state index contributed by atoms with van der Waals surface area (Å²) in [5, 5.41) is 15.8. The second-order valence-electron chi connectivity index (χ2n) is 5.73. The van der Waals surface area contributed by atoms with E-state index in [0.717, 1.165) is 12.1 Å². The molecule has 4 N–H and O–H groups in total. The molecule has 3 atom stereocenters. The molecule has 1 aliphatic carbocycles. The van der Waals surface area contributed by atoms with Crippen molar-refractivity contribution in [2.45, 2.75) is 31.5 Å². The molecule has 1 amide bonds. The zero-order valence-corrected chi connectivity index (χ0v) is 12.6. The molecule has 0 bridgehead atoms. The molecule has 0 radical (unpaired) electrons. The van der Waals surface area contributed by atoms with Crippen LogP contribution >= 0.6 is 0 Å². The fraction of sp³-hybridized carbons (Fsp3) is 0.400. The minimum absolute atomic E-state index is 0.0553. The summed E-state index contributed by atoms with van der Waals surface area (Å²) >= 11 is 0. The summed E-state index contributed by atoms with van der Waals surface area (Å²) in [7, 11) is 0. The Morgan fingerprint density at radius 3 is 2.71 bits per heavy atom. The Morgan fingerprint density at radius 2 is 2.08 bits per heavy atom. The molecular formula is C15H16F2N4O3. The van der Waals surface area contributed by atoms with Crippen molar-refractivity contribution in [3.63, 3.8) is 0 Å². The van der Waals surface area contributed by atoms with Gasteiger partial charge in [0.05, 0.1) is 12.6 Å². The number of halogens is 2. The molecular weight excluding hydrogens is 322 g/mol. The first-order valence-electron chi connectivity index (χ1n) is 7.44. The lowest BCUT2D eigenvalue weighted by molar-refractivity contribution is -0.125. The van der Waals surface area contributed by atoms with Gasteiger partial charge in [0.15, 0.2) is 5.82 Å². The average Bonchev–Trinajstić information content (AvgIpc) is 3.12. The van der Waals surface area contributed by atoms with Crippen molar-refractivity contribution in [1.82, 2.24) is 15.5 Å². The van der Waals surface area contributed by atoms with Crippen LogP contribution in [0.2, 0.25) is 0 Å². The van der Waals surface area contributed by atoms with Gasteiger partial charge in [-0.25, -0.2) is 8.78 Å². The maximum atomic E-state index is 13.7. The van der Waals surface area contributed by atoms with Crippen LogP contribution in [0.1, 0.15) is 18.7 Å². The van der Waals surface area contributed by atoms with Crippen molar-refractivity contribution in [3.05, 3.63) is 35.7 Å². The van der Waals surface area contributed by atoms with Crippen LogP contribution in [0.4, 0.5) is 8.78 Å². The molecule has 0 unspecified atom stereocenters. The van der Waals surface area contributed by atoms with Gasteiger partial charge in [0.2, 0.25) is 5.91 Å². The van der Waals surface area contributed by atoms with E-state index in [1.54, 1.807) is 0 Å². The fourth-order valence-corrected chi connectivity index (χ4v) is 2.70. The molecule has 0 spiro atoms. The van der Waals surface area contributed by atoms with Crippen LogP contribution in [0.3, 0.4) is 0 Å². The van der Waals surface area contributed by atoms with E-state index < -0.39 is 29.3 Å². The Labute approximate surface area is 135 Å². The number of benzene rings is 1. The van der Waals surface area contributed by atoms with Crippen molar-refractivity contribution in [3.8, 4) is 11.5 Å². The summed E-state index contributed by atoms with van der Waals surface area (Å²) in [4.78, 5) is 15.9. The van der Waals surface area contributed by atoms with E-state index in [4.69, 9.17) is 10.3 Å². The average molecular weight is 338 g/mol. The highest BCUT2D eigenvalue weighted by molar-refractivity contribution is 5.79. The summed E-state index contributed by atoms with van der Waals surface area (Å²) in [6.45, 7) is -0.0553. The molecule has 1 aromatic heterocycles. The van der Waals surface area contributed by atoms with Gasteiger partial charge in [-0.15, -0.1) is 0 Å². The highest BCUT2D eigenvalue weighted by Crippen LogP contribution is 2.26. The summed E-state index contributed by atoms with van der Waals surface area (Å²) in [6, 6.07) is 2.98. The first-order valence-corrected chi connectivity index (χ1v) is 7.44. The number of aromatic nitrogens is 2. The predicted molar refractivity (Wildman–Crippen MR) is 78.2 cm³/mol. The van der Waals surface area contributed by atoms with Crippen LogP contribution in [0.5, 0.6) is 0 Å². The molecule has 7 nitrogen and oxygen atoms in total. The van der Waals surface area contributed by atoms with Crippen molar-refractivity contribution < 1.29 is 23.2 Å². The first kappa shape index (κ1) is 16.5. The van der Waals surface area contributed by atoms with Gasteiger partial charge in [0, 0.05) is 12.0 Å². The van der Waals surface area contributed by atoms with Gasteiger partial charge in [0.1, 0.15) is 17.2 Å². The van der Waals surface area contributed by atoms with Crippen LogP contribution in [0.15, 0.2) is 22.7 Å². The van der Waals surface area contributed by atoms with Gasteiger partial charge < -0.3 is 20.7 Å². The molecule has 2 aromatic rings. The normalized spacial score (nSPS) is 23.4. The van der Waals surface area contributed by atoms with Crippen LogP contribution in [-0.4, -0.2) is 33.3 Å². The zero-order chi connectivity index (χ0) is 17.3. The summed E-state index contributed by atoms with van der Waals surface area (Å²) < 4.78 is 32.2. The topological polar surface area (TPSA) is 114 Å². The third-order valence-electron chi connectivity index (χ3n) is 4.01. The maximum Gasteiger partial charge on any atom is 0.263 e. The van der Waals surface area contributed by atoms with Gasteiger partial charge in [-0.2, -0.15) is 4.98 Å². The number of hydrogen-bond acceptors (Lipinski definition) is 6. The molecule has 1 fully saturated rings. The Kier molecular flexibility index (Phi) is 4.54. The van der Waals surface area contributed by atoms with Gasteiger partial charge in [0.25, 0.3) is 5.89 Å². The van der Waals surface area contributed by atoms with Crippen molar-refractivity contribution >= 4 is 5.91 Å². The van der Waals surface area contributed by atoms with E-state index in [1.807, 2.05) is 0 Å². The lowest BCUT2D eigenvalue weighted by Crippen LogP contribution is -2.30. The van der Waals surface area contributed by atoms with Crippen molar-refractivity contribution in [1.29, 1.82) is 0 Å². The van der Waals surface area contributed by atoms with E-state index in [-0.39, 0.29) is 30.1 Å². The molecule has 0 saturated heterocycles. The number of carbonyl (C=O) groups excluding carboxylic acids is 1. The van der Waals surface area contributed by atoms with Crippen LogP contribution in [0, 0.1) is 17.6 Å². The smallest absolute Gasteiger partial charge is 0.263 e. The first-order chi connectivity index (χ1) is 11.5. The molecule has 1 aliphatic rings. The molecule has 9 heteroatoms. The number of nitrogens with zero attached hydrogens (tertiary/aromatic N) is 2. The minimum atomic E-state index is -0.817. The lowest BCUT2D eigenvalue weighted by atomic mass is 10.1. The monoisotopic (exact) mass is 338 g/mol. The largest absolute Gasteiger partial charge is 0.391 e. The van der Waals surface area contributed by atoms with E-state index in [9.17, 15) is 18.7 Å². The third kappa shape index (κ3) is 3.26. The summed E-state index contributed by atoms with van der Waals surface area (Å²) in [5.41, 5.74) is 5.26. The van der Waals surface area contributed by atoms with Crippen molar-refractivity contribution in [2.75, 3.05) is 0 Å². The van der Waals surface area contributed by atoms with E-state index >= 15 is 0 Å². The van der Waals surface area contributed by atoms with Gasteiger partial charge >= 0.3 is 0 Å². The highest BCUT2D eigenvalue weighted by atomic mass is 19.1. The van der Waals surface area contributed by atoms with E-state index in [1.165, 1.54) is 6.07 Å². The lowest BCUT2D eigenvalue weighted by Gasteiger charge is -2.08. The maximum absolute atomic E-state index is 13.7. The summed E-state index contributed by atoms with van der Waals surface area (Å²) in [6.07, 6.45) is -0.00266. The number of amides is 1. The highest BCUT2D eigenvalue weighted by Gasteiger charge is 2.34. The van der Waals surface area contributed by atoms with Crippen LogP contribution < -0.4 is 11.1 Å². The number of carbonyl (C=O) groups is 1. The van der Waals surface area contributed by atoms with Crippen LogP contribution in [-0.2, 0) is 11.3 Å². The molecule has 3 rings (SSSR count). The number of aliphatic hydroxyl groups is 1. The molecule has 1 heterocycles. The number of aliphatic hydroxyl groups excluding tert-OH is 1. The predicted octanol–water partition coefficient (Wildman–Crippen LogP) is 0.729. The van der Waals surface area contributed by atoms with Gasteiger partial charge in [-0.3, -0.25) is 4.79 Å². The Morgan fingerprint density at radius 1 is 1.38 bits per heavy atom. The molecule has 0 aliphatic heterocycles. The van der Waals surface area contributed by atoms with E-state index in [0.29, 0.717) is 12.8 Å². The fourth-order valence-electron chi connectivity index (χ4n) is 2.70. The Bertz CT molecular complexity index is 722. The number of hydrogen-bond donors (Lipinski definition) is 3. The Hall–Kier alpha value is -2.39. The third-order valence-corrected chi connectivity index (χ3v) is 4.01. The second kappa shape index (κ2) is 6.62. The number of nitrogens with one attached hydrogen (secondary N) is 1. The molecule has 1 aromatic carbocycles. The van der Waals surface area contributed by atoms with E-state index in [2.05, 4.69) is 15.5 Å². The Balaban J connectivity index is 1.64. The van der Waals surface area contributed by atoms with Gasteiger partial charge in [-0.1, -0.05) is 11.2 Å². The second-order valence-corrected chi connectivity index (χ2v) is 5.73. The van der Waals surface area contributed by atoms with Crippen LogP contribution in [0.25, 0.3) is 11.5 Å². The van der Waals surface area contributed by atoms with Crippen molar-refractivity contribution in [2.24, 2.45) is 11.7 Å². The number of nitrogens with two attached hydrogens (primary N) is 1. The standard InChI is InChI=1S/C15H16F2N4O3/c16-8-2-1-3-9(17)13(8)15-20-12(21-24-15)6-19-14(23)7-4-10(18)11(22)5-7/h1-3,7,10-11,22H,4-6,18H2,(H,19,23)/t7-,10+,11+/m0/s1. The number of rotatable bonds is 4. The minimum Gasteiger partial charge on any atom is -0.391 e. The quantitative estimate of drug-likeness (QED) is 0.757.